The summed E-state index contributed by atoms with van der Waals surface area (Å²) in [5.74, 6) is -1.08. The molecule has 1 aromatic rings. The summed E-state index contributed by atoms with van der Waals surface area (Å²) in [6.45, 7) is 7.22. The van der Waals surface area contributed by atoms with E-state index in [1.165, 1.54) is 0 Å². The van der Waals surface area contributed by atoms with Gasteiger partial charge in [0.15, 0.2) is 0 Å². The topological polar surface area (TPSA) is 75.6 Å². The van der Waals surface area contributed by atoms with Crippen molar-refractivity contribution in [2.75, 3.05) is 0 Å². The summed E-state index contributed by atoms with van der Waals surface area (Å²) in [6, 6.07) is 6.67. The van der Waals surface area contributed by atoms with Crippen molar-refractivity contribution in [2.24, 2.45) is 0 Å². The van der Waals surface area contributed by atoms with Gasteiger partial charge in [-0.1, -0.05) is 31.2 Å². The lowest BCUT2D eigenvalue weighted by Gasteiger charge is -2.22. The van der Waals surface area contributed by atoms with Crippen LogP contribution >= 0.6 is 0 Å². The Kier molecular flexibility index (Phi) is 5.76. The number of carbonyl (C=O) groups is 2. The van der Waals surface area contributed by atoms with E-state index in [1.807, 2.05) is 31.2 Å². The molecule has 116 valence electrons. The highest BCUT2D eigenvalue weighted by atomic mass is 16.6. The Hall–Kier alpha value is -2.04. The second-order valence-electron chi connectivity index (χ2n) is 5.91. The van der Waals surface area contributed by atoms with Crippen LogP contribution in [0.4, 0.5) is 4.79 Å². The summed E-state index contributed by atoms with van der Waals surface area (Å²) in [7, 11) is 0. The van der Waals surface area contributed by atoms with Gasteiger partial charge in [0.1, 0.15) is 11.6 Å². The summed E-state index contributed by atoms with van der Waals surface area (Å²) in [5, 5.41) is 11.6. The van der Waals surface area contributed by atoms with E-state index in [4.69, 9.17) is 4.74 Å². The molecule has 0 saturated heterocycles. The van der Waals surface area contributed by atoms with Gasteiger partial charge >= 0.3 is 12.1 Å². The minimum atomic E-state index is -1.08. The summed E-state index contributed by atoms with van der Waals surface area (Å²) >= 11 is 0. The Labute approximate surface area is 125 Å². The SMILES string of the molecule is CCc1cccc(C[C@H](NC(=O)OC(C)(C)C)C(=O)O)c1. The third-order valence-corrected chi connectivity index (χ3v) is 2.83. The molecule has 0 bridgehead atoms. The number of aliphatic carboxylic acids is 1. The van der Waals surface area contributed by atoms with Gasteiger partial charge in [-0.25, -0.2) is 9.59 Å². The lowest BCUT2D eigenvalue weighted by Crippen LogP contribution is -2.44. The Morgan fingerprint density at radius 1 is 1.29 bits per heavy atom. The number of hydrogen-bond donors (Lipinski definition) is 2. The predicted molar refractivity (Wildman–Crippen MR) is 80.3 cm³/mol. The lowest BCUT2D eigenvalue weighted by molar-refractivity contribution is -0.139. The number of aryl methyl sites for hydroxylation is 1. The molecule has 0 spiro atoms. The van der Waals surface area contributed by atoms with Crippen molar-refractivity contribution in [1.82, 2.24) is 5.32 Å². The fraction of sp³-hybridized carbons (Fsp3) is 0.500. The van der Waals surface area contributed by atoms with Crippen LogP contribution in [0, 0.1) is 0 Å². The summed E-state index contributed by atoms with van der Waals surface area (Å²) < 4.78 is 5.09. The number of nitrogens with one attached hydrogen (secondary N) is 1. The highest BCUT2D eigenvalue weighted by molar-refractivity contribution is 5.80. The highest BCUT2D eigenvalue weighted by Gasteiger charge is 2.24. The van der Waals surface area contributed by atoms with Crippen molar-refractivity contribution in [3.63, 3.8) is 0 Å². The second kappa shape index (κ2) is 7.11. The Morgan fingerprint density at radius 2 is 1.90 bits per heavy atom. The van der Waals surface area contributed by atoms with Crippen LogP contribution in [-0.2, 0) is 22.4 Å². The van der Waals surface area contributed by atoms with E-state index in [1.54, 1.807) is 20.8 Å². The van der Waals surface area contributed by atoms with Crippen LogP contribution in [0.5, 0.6) is 0 Å². The molecule has 0 fully saturated rings. The predicted octanol–water partition coefficient (Wildman–Crippen LogP) is 2.77. The average molecular weight is 293 g/mol. The third kappa shape index (κ3) is 6.29. The first-order valence-corrected chi connectivity index (χ1v) is 7.01. The maximum atomic E-state index is 11.7. The van der Waals surface area contributed by atoms with E-state index in [-0.39, 0.29) is 6.42 Å². The Balaban J connectivity index is 2.74. The van der Waals surface area contributed by atoms with Crippen molar-refractivity contribution in [3.05, 3.63) is 35.4 Å². The molecule has 0 aromatic heterocycles. The number of benzene rings is 1. The van der Waals surface area contributed by atoms with E-state index in [2.05, 4.69) is 5.32 Å². The van der Waals surface area contributed by atoms with Crippen molar-refractivity contribution < 1.29 is 19.4 Å². The Bertz CT molecular complexity index is 505. The molecule has 0 saturated carbocycles. The minimum Gasteiger partial charge on any atom is -0.480 e. The zero-order chi connectivity index (χ0) is 16.0. The van der Waals surface area contributed by atoms with Gasteiger partial charge in [-0.3, -0.25) is 0 Å². The van der Waals surface area contributed by atoms with Crippen LogP contribution in [-0.4, -0.2) is 28.8 Å². The fourth-order valence-corrected chi connectivity index (χ4v) is 1.86. The first kappa shape index (κ1) is 17.0. The first-order valence-electron chi connectivity index (χ1n) is 7.01. The quantitative estimate of drug-likeness (QED) is 0.875. The number of carboxylic acid groups (broad SMARTS) is 1. The van der Waals surface area contributed by atoms with Crippen molar-refractivity contribution >= 4 is 12.1 Å². The van der Waals surface area contributed by atoms with Crippen molar-refractivity contribution in [1.29, 1.82) is 0 Å². The van der Waals surface area contributed by atoms with Crippen molar-refractivity contribution in [2.45, 2.75) is 52.2 Å². The van der Waals surface area contributed by atoms with Gasteiger partial charge < -0.3 is 15.2 Å². The number of ether oxygens (including phenoxy) is 1. The molecule has 2 N–H and O–H groups in total. The molecule has 1 amide bonds. The molecule has 0 heterocycles. The number of amides is 1. The zero-order valence-electron chi connectivity index (χ0n) is 13.0. The van der Waals surface area contributed by atoms with Gasteiger partial charge in [0.25, 0.3) is 0 Å². The van der Waals surface area contributed by atoms with Gasteiger partial charge in [-0.2, -0.15) is 0 Å². The number of alkyl carbamates (subject to hydrolysis) is 1. The van der Waals surface area contributed by atoms with Gasteiger partial charge in [0.05, 0.1) is 0 Å². The van der Waals surface area contributed by atoms with E-state index in [9.17, 15) is 14.7 Å². The molecule has 0 aliphatic rings. The zero-order valence-corrected chi connectivity index (χ0v) is 13.0. The molecule has 0 aliphatic heterocycles. The molecule has 0 unspecified atom stereocenters. The van der Waals surface area contributed by atoms with E-state index in [0.29, 0.717) is 0 Å². The van der Waals surface area contributed by atoms with Gasteiger partial charge in [0.2, 0.25) is 0 Å². The molecule has 0 aliphatic carbocycles. The van der Waals surface area contributed by atoms with Crippen LogP contribution < -0.4 is 5.32 Å². The Morgan fingerprint density at radius 3 is 2.43 bits per heavy atom. The van der Waals surface area contributed by atoms with Crippen LogP contribution in [0.1, 0.15) is 38.8 Å². The summed E-state index contributed by atoms with van der Waals surface area (Å²) in [6.07, 6.45) is 0.384. The standard InChI is InChI=1S/C16H23NO4/c1-5-11-7-6-8-12(9-11)10-13(14(18)19)17-15(20)21-16(2,3)4/h6-9,13H,5,10H2,1-4H3,(H,17,20)(H,18,19)/t13-/m0/s1. The van der Waals surface area contributed by atoms with Crippen LogP contribution in [0.15, 0.2) is 24.3 Å². The number of carboxylic acids is 1. The monoisotopic (exact) mass is 293 g/mol. The molecular formula is C16H23NO4. The molecule has 1 rings (SSSR count). The first-order chi connectivity index (χ1) is 9.71. The van der Waals surface area contributed by atoms with Crippen LogP contribution in [0.3, 0.4) is 0 Å². The van der Waals surface area contributed by atoms with E-state index < -0.39 is 23.7 Å². The molecule has 1 aromatic carbocycles. The normalized spacial score (nSPS) is 12.6. The largest absolute Gasteiger partial charge is 0.480 e. The maximum Gasteiger partial charge on any atom is 0.408 e. The molecule has 0 radical (unpaired) electrons. The fourth-order valence-electron chi connectivity index (χ4n) is 1.86. The van der Waals surface area contributed by atoms with Crippen LogP contribution in [0.25, 0.3) is 0 Å². The summed E-state index contributed by atoms with van der Waals surface area (Å²) in [4.78, 5) is 23.0. The van der Waals surface area contributed by atoms with Gasteiger partial charge in [-0.05, 0) is 38.3 Å². The second-order valence-corrected chi connectivity index (χ2v) is 5.91. The maximum absolute atomic E-state index is 11.7. The number of carbonyl (C=O) groups excluding carboxylic acids is 1. The molecular weight excluding hydrogens is 270 g/mol. The van der Waals surface area contributed by atoms with Gasteiger partial charge in [0, 0.05) is 6.42 Å². The highest BCUT2D eigenvalue weighted by Crippen LogP contribution is 2.10. The van der Waals surface area contributed by atoms with Crippen LogP contribution in [0.2, 0.25) is 0 Å². The molecule has 1 atom stereocenters. The number of hydrogen-bond acceptors (Lipinski definition) is 3. The smallest absolute Gasteiger partial charge is 0.408 e. The summed E-state index contributed by atoms with van der Waals surface area (Å²) in [5.41, 5.74) is 1.35. The third-order valence-electron chi connectivity index (χ3n) is 2.83. The number of rotatable bonds is 5. The molecule has 21 heavy (non-hydrogen) atoms. The van der Waals surface area contributed by atoms with Crippen molar-refractivity contribution in [3.8, 4) is 0 Å². The average Bonchev–Trinajstić information content (AvgIpc) is 2.36. The molecule has 5 heteroatoms. The minimum absolute atomic E-state index is 0.225. The molecule has 5 nitrogen and oxygen atoms in total. The van der Waals surface area contributed by atoms with E-state index >= 15 is 0 Å². The van der Waals surface area contributed by atoms with E-state index in [0.717, 1.165) is 17.5 Å². The van der Waals surface area contributed by atoms with Gasteiger partial charge in [-0.15, -0.1) is 0 Å². The lowest BCUT2D eigenvalue weighted by atomic mass is 10.0.